The molecule has 0 aromatic carbocycles. The van der Waals surface area contributed by atoms with E-state index in [0.29, 0.717) is 0 Å². The highest BCUT2D eigenvalue weighted by molar-refractivity contribution is 5.29. The topological polar surface area (TPSA) is 34.0 Å². The Bertz CT molecular complexity index is 318. The smallest absolute Gasteiger partial charge is 0.244 e. The largest absolute Gasteiger partial charge is 0.340 e. The van der Waals surface area contributed by atoms with Crippen molar-refractivity contribution in [1.29, 1.82) is 0 Å². The zero-order chi connectivity index (χ0) is 11.6. The molecule has 0 atom stereocenters. The molecule has 0 fully saturated rings. The molecule has 86 valence electrons. The van der Waals surface area contributed by atoms with Crippen molar-refractivity contribution in [1.82, 2.24) is 14.8 Å². The second-order valence-corrected chi connectivity index (χ2v) is 4.78. The van der Waals surface area contributed by atoms with Crippen LogP contribution in [0, 0.1) is 0 Å². The third-order valence-corrected chi connectivity index (χ3v) is 2.47. The standard InChI is InChI=1S/C11H22N4/c1-7-15(8-2)10-12-9(11(3,4)5)14(6)13-10/h7-8H2,1-6H3. The van der Waals surface area contributed by atoms with Gasteiger partial charge in [0.05, 0.1) is 0 Å². The van der Waals surface area contributed by atoms with Gasteiger partial charge in [0.25, 0.3) is 0 Å². The molecule has 4 nitrogen and oxygen atoms in total. The summed E-state index contributed by atoms with van der Waals surface area (Å²) in [4.78, 5) is 6.76. The first kappa shape index (κ1) is 12.0. The predicted molar refractivity (Wildman–Crippen MR) is 63.3 cm³/mol. The van der Waals surface area contributed by atoms with Crippen LogP contribution >= 0.6 is 0 Å². The first-order valence-electron chi connectivity index (χ1n) is 5.56. The number of hydrogen-bond donors (Lipinski definition) is 0. The molecule has 1 aromatic heterocycles. The fourth-order valence-electron chi connectivity index (χ4n) is 1.66. The van der Waals surface area contributed by atoms with Crippen LogP contribution in [0.2, 0.25) is 0 Å². The van der Waals surface area contributed by atoms with Gasteiger partial charge in [-0.05, 0) is 13.8 Å². The first-order valence-corrected chi connectivity index (χ1v) is 5.56. The van der Waals surface area contributed by atoms with Gasteiger partial charge in [0.1, 0.15) is 5.82 Å². The molecule has 1 rings (SSSR count). The molecule has 0 radical (unpaired) electrons. The van der Waals surface area contributed by atoms with Crippen molar-refractivity contribution in [2.24, 2.45) is 7.05 Å². The van der Waals surface area contributed by atoms with Crippen molar-refractivity contribution in [2.75, 3.05) is 18.0 Å². The first-order chi connectivity index (χ1) is 6.90. The summed E-state index contributed by atoms with van der Waals surface area (Å²) in [5.74, 6) is 1.87. The van der Waals surface area contributed by atoms with E-state index in [1.807, 2.05) is 11.7 Å². The van der Waals surface area contributed by atoms with E-state index >= 15 is 0 Å². The van der Waals surface area contributed by atoms with Crippen molar-refractivity contribution in [2.45, 2.75) is 40.0 Å². The molecule has 0 spiro atoms. The molecule has 0 aliphatic carbocycles. The lowest BCUT2D eigenvalue weighted by atomic mass is 9.96. The van der Waals surface area contributed by atoms with Gasteiger partial charge in [-0.1, -0.05) is 20.8 Å². The number of rotatable bonds is 3. The average Bonchev–Trinajstić information content (AvgIpc) is 2.49. The maximum atomic E-state index is 4.60. The quantitative estimate of drug-likeness (QED) is 0.764. The average molecular weight is 210 g/mol. The normalized spacial score (nSPS) is 11.9. The number of aromatic nitrogens is 3. The lowest BCUT2D eigenvalue weighted by molar-refractivity contribution is 0.506. The van der Waals surface area contributed by atoms with Gasteiger partial charge >= 0.3 is 0 Å². The molecule has 0 amide bonds. The van der Waals surface area contributed by atoms with Gasteiger partial charge in [0.2, 0.25) is 5.95 Å². The van der Waals surface area contributed by atoms with Gasteiger partial charge in [0, 0.05) is 25.6 Å². The van der Waals surface area contributed by atoms with Crippen molar-refractivity contribution in [3.8, 4) is 0 Å². The van der Waals surface area contributed by atoms with Gasteiger partial charge in [-0.3, -0.25) is 4.68 Å². The summed E-state index contributed by atoms with van der Waals surface area (Å²) in [7, 11) is 1.96. The number of hydrogen-bond acceptors (Lipinski definition) is 3. The summed E-state index contributed by atoms with van der Waals surface area (Å²) in [5.41, 5.74) is 0.0488. The van der Waals surface area contributed by atoms with Crippen LogP contribution in [0.25, 0.3) is 0 Å². The van der Waals surface area contributed by atoms with Crippen LogP contribution in [-0.4, -0.2) is 27.9 Å². The Morgan fingerprint density at radius 2 is 1.73 bits per heavy atom. The van der Waals surface area contributed by atoms with Crippen LogP contribution in [0.1, 0.15) is 40.4 Å². The van der Waals surface area contributed by atoms with Crippen molar-refractivity contribution >= 4 is 5.95 Å². The Morgan fingerprint density at radius 1 is 1.20 bits per heavy atom. The van der Waals surface area contributed by atoms with E-state index in [-0.39, 0.29) is 5.41 Å². The van der Waals surface area contributed by atoms with Gasteiger partial charge in [-0.15, -0.1) is 5.10 Å². The summed E-state index contributed by atoms with van der Waals surface area (Å²) < 4.78 is 1.88. The van der Waals surface area contributed by atoms with E-state index in [4.69, 9.17) is 0 Å². The molecule has 0 bridgehead atoms. The van der Waals surface area contributed by atoms with E-state index in [0.717, 1.165) is 24.9 Å². The highest BCUT2D eigenvalue weighted by Gasteiger charge is 2.22. The molecule has 0 saturated carbocycles. The van der Waals surface area contributed by atoms with E-state index in [2.05, 4.69) is 49.6 Å². The molecular formula is C11H22N4. The Balaban J connectivity index is 3.05. The van der Waals surface area contributed by atoms with E-state index in [9.17, 15) is 0 Å². The SMILES string of the molecule is CCN(CC)c1nc(C(C)(C)C)n(C)n1. The van der Waals surface area contributed by atoms with Crippen LogP contribution in [-0.2, 0) is 12.5 Å². The molecule has 0 saturated heterocycles. The molecule has 4 heteroatoms. The monoisotopic (exact) mass is 210 g/mol. The van der Waals surface area contributed by atoms with E-state index in [1.165, 1.54) is 0 Å². The van der Waals surface area contributed by atoms with E-state index < -0.39 is 0 Å². The maximum absolute atomic E-state index is 4.60. The molecule has 0 aliphatic heterocycles. The molecule has 0 aliphatic rings. The lowest BCUT2D eigenvalue weighted by Crippen LogP contribution is -2.23. The summed E-state index contributed by atoms with van der Waals surface area (Å²) in [5, 5.41) is 4.45. The van der Waals surface area contributed by atoms with Crippen LogP contribution < -0.4 is 4.90 Å². The predicted octanol–water partition coefficient (Wildman–Crippen LogP) is 1.96. The Hall–Kier alpha value is -1.06. The third-order valence-electron chi connectivity index (χ3n) is 2.47. The minimum atomic E-state index is 0.0488. The van der Waals surface area contributed by atoms with Crippen LogP contribution in [0.5, 0.6) is 0 Å². The summed E-state index contributed by atoms with van der Waals surface area (Å²) in [6.45, 7) is 12.6. The van der Waals surface area contributed by atoms with Gasteiger partial charge in [-0.25, -0.2) is 0 Å². The zero-order valence-corrected chi connectivity index (χ0v) is 10.7. The molecule has 1 heterocycles. The van der Waals surface area contributed by atoms with Crippen molar-refractivity contribution in [3.63, 3.8) is 0 Å². The fraction of sp³-hybridized carbons (Fsp3) is 0.818. The van der Waals surface area contributed by atoms with Gasteiger partial charge < -0.3 is 4.90 Å². The van der Waals surface area contributed by atoms with Crippen molar-refractivity contribution in [3.05, 3.63) is 5.82 Å². The van der Waals surface area contributed by atoms with Gasteiger partial charge in [-0.2, -0.15) is 4.98 Å². The van der Waals surface area contributed by atoms with Crippen LogP contribution in [0.15, 0.2) is 0 Å². The Morgan fingerprint density at radius 3 is 2.07 bits per heavy atom. The Kier molecular flexibility index (Phi) is 3.37. The highest BCUT2D eigenvalue weighted by atomic mass is 15.4. The molecule has 15 heavy (non-hydrogen) atoms. The second-order valence-electron chi connectivity index (χ2n) is 4.78. The van der Waals surface area contributed by atoms with Crippen LogP contribution in [0.3, 0.4) is 0 Å². The molecule has 0 N–H and O–H groups in total. The maximum Gasteiger partial charge on any atom is 0.244 e. The third kappa shape index (κ3) is 2.49. The minimum Gasteiger partial charge on any atom is -0.340 e. The van der Waals surface area contributed by atoms with E-state index in [1.54, 1.807) is 0 Å². The van der Waals surface area contributed by atoms with Crippen molar-refractivity contribution < 1.29 is 0 Å². The zero-order valence-electron chi connectivity index (χ0n) is 10.7. The molecule has 0 unspecified atom stereocenters. The summed E-state index contributed by atoms with van der Waals surface area (Å²) in [6, 6.07) is 0. The fourth-order valence-corrected chi connectivity index (χ4v) is 1.66. The second kappa shape index (κ2) is 4.21. The summed E-state index contributed by atoms with van der Waals surface area (Å²) in [6.07, 6.45) is 0. The molecular weight excluding hydrogens is 188 g/mol. The number of nitrogens with zero attached hydrogens (tertiary/aromatic N) is 4. The number of aryl methyl sites for hydroxylation is 1. The highest BCUT2D eigenvalue weighted by Crippen LogP contribution is 2.21. The minimum absolute atomic E-state index is 0.0488. The Labute approximate surface area is 92.3 Å². The summed E-state index contributed by atoms with van der Waals surface area (Å²) >= 11 is 0. The molecule has 1 aromatic rings. The lowest BCUT2D eigenvalue weighted by Gasteiger charge is -2.17. The van der Waals surface area contributed by atoms with Crippen LogP contribution in [0.4, 0.5) is 5.95 Å². The number of anilines is 1. The van der Waals surface area contributed by atoms with Gasteiger partial charge in [0.15, 0.2) is 0 Å².